The van der Waals surface area contributed by atoms with E-state index < -0.39 is 0 Å². The number of hydrogen-bond acceptors (Lipinski definition) is 7. The average molecular weight is 564 g/mol. The number of rotatable bonds is 4. The van der Waals surface area contributed by atoms with Gasteiger partial charge in [-0.05, 0) is 49.6 Å². The largest absolute Gasteiger partial charge is 0.366 e. The van der Waals surface area contributed by atoms with Gasteiger partial charge in [0, 0.05) is 38.4 Å². The average Bonchev–Trinajstić information content (AvgIpc) is 3.23. The van der Waals surface area contributed by atoms with Gasteiger partial charge in [-0.25, -0.2) is 9.37 Å². The zero-order chi connectivity index (χ0) is 27.1. The lowest BCUT2D eigenvalue weighted by Gasteiger charge is -2.37. The monoisotopic (exact) mass is 563 g/mol. The molecule has 0 bridgehead atoms. The summed E-state index contributed by atoms with van der Waals surface area (Å²) < 4.78 is 16.5. The maximum atomic E-state index is 14.4. The minimum Gasteiger partial charge on any atom is -0.366 e. The molecule has 6 rings (SSSR count). The number of carbonyl (C=O) groups excluding carboxylic acids is 1. The molecule has 4 heterocycles. The van der Waals surface area contributed by atoms with Gasteiger partial charge in [-0.3, -0.25) is 18.9 Å². The van der Waals surface area contributed by atoms with Crippen molar-refractivity contribution in [3.63, 3.8) is 0 Å². The number of pyridine rings is 1. The van der Waals surface area contributed by atoms with Crippen molar-refractivity contribution in [3.05, 3.63) is 74.8 Å². The van der Waals surface area contributed by atoms with Gasteiger partial charge < -0.3 is 9.80 Å². The Morgan fingerprint density at radius 1 is 1.00 bits per heavy atom. The van der Waals surface area contributed by atoms with Crippen LogP contribution < -0.4 is 15.4 Å². The van der Waals surface area contributed by atoms with Crippen molar-refractivity contribution in [2.45, 2.75) is 45.1 Å². The van der Waals surface area contributed by atoms with Crippen LogP contribution in [0.2, 0.25) is 0 Å². The lowest BCUT2D eigenvalue weighted by Crippen LogP contribution is -2.47. The highest BCUT2D eigenvalue weighted by Gasteiger charge is 2.38. The van der Waals surface area contributed by atoms with Crippen LogP contribution in [-0.4, -0.2) is 56.7 Å². The summed E-state index contributed by atoms with van der Waals surface area (Å²) in [6.07, 6.45) is 8.75. The Labute approximate surface area is 236 Å². The van der Waals surface area contributed by atoms with E-state index in [1.165, 1.54) is 24.2 Å². The van der Waals surface area contributed by atoms with Gasteiger partial charge in [-0.1, -0.05) is 61.4 Å². The lowest BCUT2D eigenvalue weighted by molar-refractivity contribution is -0.124. The second-order valence-electron chi connectivity index (χ2n) is 10.4. The molecule has 0 spiro atoms. The van der Waals surface area contributed by atoms with Crippen molar-refractivity contribution in [2.24, 2.45) is 0 Å². The molecule has 0 N–H and O–H groups in total. The topological polar surface area (TPSA) is 61.2 Å². The number of thiocarbonyl (C=S) groups is 1. The third-order valence-electron chi connectivity index (χ3n) is 7.80. The molecule has 3 aromatic rings. The van der Waals surface area contributed by atoms with Crippen LogP contribution in [0.1, 0.15) is 43.2 Å². The van der Waals surface area contributed by atoms with Crippen molar-refractivity contribution in [1.29, 1.82) is 0 Å². The molecule has 2 saturated heterocycles. The summed E-state index contributed by atoms with van der Waals surface area (Å²) in [5.41, 5.74) is 2.21. The SMILES string of the molecule is Cc1ccc2nc(N3CCN(c4ccccc4F)CC3)c(C=C3SC(=S)N(C4CCCCC4)C3=O)c(=O)n2c1. The van der Waals surface area contributed by atoms with Gasteiger partial charge in [0.1, 0.15) is 21.6 Å². The van der Waals surface area contributed by atoms with Gasteiger partial charge in [0.25, 0.3) is 11.5 Å². The number of benzene rings is 1. The number of fused-ring (bicyclic) bond motifs is 1. The maximum absolute atomic E-state index is 14.4. The molecule has 1 amide bonds. The van der Waals surface area contributed by atoms with Gasteiger partial charge in [0.05, 0.1) is 16.2 Å². The predicted molar refractivity (Wildman–Crippen MR) is 159 cm³/mol. The zero-order valence-corrected chi connectivity index (χ0v) is 23.4. The molecule has 0 unspecified atom stereocenters. The van der Waals surface area contributed by atoms with Crippen LogP contribution in [0.15, 0.2) is 52.3 Å². The molecule has 39 heavy (non-hydrogen) atoms. The van der Waals surface area contributed by atoms with Crippen LogP contribution in [0.3, 0.4) is 0 Å². The van der Waals surface area contributed by atoms with Crippen LogP contribution >= 0.6 is 24.0 Å². The smallest absolute Gasteiger partial charge is 0.267 e. The first-order chi connectivity index (χ1) is 18.9. The van der Waals surface area contributed by atoms with Crippen molar-refractivity contribution in [1.82, 2.24) is 14.3 Å². The highest BCUT2D eigenvalue weighted by molar-refractivity contribution is 8.26. The van der Waals surface area contributed by atoms with E-state index in [4.69, 9.17) is 17.2 Å². The van der Waals surface area contributed by atoms with Crippen molar-refractivity contribution >= 4 is 57.4 Å². The third-order valence-corrected chi connectivity index (χ3v) is 9.13. The molecule has 0 radical (unpaired) electrons. The number of carbonyl (C=O) groups is 1. The second kappa shape index (κ2) is 10.7. The van der Waals surface area contributed by atoms with Crippen LogP contribution in [-0.2, 0) is 4.79 Å². The molecule has 1 aromatic carbocycles. The fourth-order valence-corrected chi connectivity index (χ4v) is 7.13. The van der Waals surface area contributed by atoms with Gasteiger partial charge in [0.2, 0.25) is 0 Å². The molecule has 2 aromatic heterocycles. The number of hydrogen-bond donors (Lipinski definition) is 0. The number of anilines is 2. The number of aromatic nitrogens is 2. The van der Waals surface area contributed by atoms with Gasteiger partial charge in [0.15, 0.2) is 0 Å². The van der Waals surface area contributed by atoms with Gasteiger partial charge in [-0.15, -0.1) is 0 Å². The quantitative estimate of drug-likeness (QED) is 0.327. The van der Waals surface area contributed by atoms with E-state index in [-0.39, 0.29) is 23.3 Å². The number of piperazine rings is 1. The van der Waals surface area contributed by atoms with Crippen LogP contribution in [0, 0.1) is 12.7 Å². The van der Waals surface area contributed by atoms with E-state index in [2.05, 4.69) is 4.90 Å². The Balaban J connectivity index is 1.36. The first-order valence-corrected chi connectivity index (χ1v) is 14.7. The highest BCUT2D eigenvalue weighted by atomic mass is 32.2. The van der Waals surface area contributed by atoms with E-state index >= 15 is 0 Å². The van der Waals surface area contributed by atoms with E-state index in [1.54, 1.807) is 33.7 Å². The fourth-order valence-electron chi connectivity index (χ4n) is 5.75. The summed E-state index contributed by atoms with van der Waals surface area (Å²) in [5, 5.41) is 0. The highest BCUT2D eigenvalue weighted by Crippen LogP contribution is 2.38. The molecule has 1 aliphatic carbocycles. The molecule has 3 fully saturated rings. The molecule has 0 atom stereocenters. The Hall–Kier alpha value is -3.24. The minimum atomic E-state index is -0.246. The fraction of sp³-hybridized carbons (Fsp3) is 0.379. The number of thioether (sulfide) groups is 1. The molecule has 7 nitrogen and oxygen atoms in total. The molecule has 2 aliphatic heterocycles. The summed E-state index contributed by atoms with van der Waals surface area (Å²) in [6.45, 7) is 4.22. The molecule has 10 heteroatoms. The van der Waals surface area contributed by atoms with E-state index in [0.29, 0.717) is 58.1 Å². The minimum absolute atomic E-state index is 0.124. The normalized spacial score (nSPS) is 20.1. The number of para-hydroxylation sites is 1. The number of halogens is 1. The first kappa shape index (κ1) is 26.0. The molecular weight excluding hydrogens is 533 g/mol. The summed E-state index contributed by atoms with van der Waals surface area (Å²) in [5.74, 6) is 0.171. The number of amides is 1. The first-order valence-electron chi connectivity index (χ1n) is 13.5. The van der Waals surface area contributed by atoms with E-state index in [1.807, 2.05) is 30.0 Å². The summed E-state index contributed by atoms with van der Waals surface area (Å²) in [7, 11) is 0. The third kappa shape index (κ3) is 4.96. The molecule has 202 valence electrons. The van der Waals surface area contributed by atoms with Crippen molar-refractivity contribution in [3.8, 4) is 0 Å². The Morgan fingerprint density at radius 2 is 1.72 bits per heavy atom. The van der Waals surface area contributed by atoms with Crippen LogP contribution in [0.25, 0.3) is 11.7 Å². The Morgan fingerprint density at radius 3 is 2.46 bits per heavy atom. The van der Waals surface area contributed by atoms with Gasteiger partial charge in [-0.2, -0.15) is 0 Å². The summed E-state index contributed by atoms with van der Waals surface area (Å²) in [6, 6.07) is 10.7. The summed E-state index contributed by atoms with van der Waals surface area (Å²) in [4.78, 5) is 38.6. The standard InChI is InChI=1S/C29H30FN5O2S2/c1-19-11-12-25-31-26(33-15-13-32(14-16-33)23-10-6-5-9-22(23)30)21(27(36)34(25)18-19)17-24-28(37)35(29(38)39-24)20-7-3-2-4-8-20/h5-6,9-12,17-18,20H,2-4,7-8,13-16H2,1H3. The van der Waals surface area contributed by atoms with E-state index in [9.17, 15) is 14.0 Å². The predicted octanol–water partition coefficient (Wildman–Crippen LogP) is 5.00. The Bertz CT molecular complexity index is 1540. The molecule has 1 saturated carbocycles. The Kier molecular flexibility index (Phi) is 7.16. The molecule has 3 aliphatic rings. The maximum Gasteiger partial charge on any atom is 0.267 e. The number of aryl methyl sites for hydroxylation is 1. The summed E-state index contributed by atoms with van der Waals surface area (Å²) >= 11 is 6.89. The van der Waals surface area contributed by atoms with E-state index in [0.717, 1.165) is 31.2 Å². The molecular formula is C29H30FN5O2S2. The van der Waals surface area contributed by atoms with Crippen LogP contribution in [0.5, 0.6) is 0 Å². The van der Waals surface area contributed by atoms with Crippen LogP contribution in [0.4, 0.5) is 15.9 Å². The van der Waals surface area contributed by atoms with Crippen molar-refractivity contribution in [2.75, 3.05) is 36.0 Å². The number of nitrogens with zero attached hydrogens (tertiary/aromatic N) is 5. The zero-order valence-electron chi connectivity index (χ0n) is 21.8. The van der Waals surface area contributed by atoms with Gasteiger partial charge >= 0.3 is 0 Å². The lowest BCUT2D eigenvalue weighted by atomic mass is 9.94. The van der Waals surface area contributed by atoms with Crippen molar-refractivity contribution < 1.29 is 9.18 Å². The second-order valence-corrected chi connectivity index (χ2v) is 12.0.